The van der Waals surface area contributed by atoms with Gasteiger partial charge in [0.1, 0.15) is 5.82 Å². The van der Waals surface area contributed by atoms with Crippen LogP contribution in [0, 0.1) is 13.8 Å². The summed E-state index contributed by atoms with van der Waals surface area (Å²) in [6, 6.07) is 11.8. The smallest absolute Gasteiger partial charge is 0.249 e. The molecule has 1 amide bonds. The predicted octanol–water partition coefficient (Wildman–Crippen LogP) is 3.55. The number of rotatable bonds is 3. The Labute approximate surface area is 134 Å². The fourth-order valence-electron chi connectivity index (χ4n) is 2.52. The van der Waals surface area contributed by atoms with Crippen LogP contribution in [0.4, 0.5) is 5.82 Å². The molecule has 0 aliphatic carbocycles. The molecular formula is C18H18N4O. The van der Waals surface area contributed by atoms with Crippen molar-refractivity contribution in [1.29, 1.82) is 0 Å². The molecule has 5 heteroatoms. The van der Waals surface area contributed by atoms with Crippen molar-refractivity contribution in [3.05, 3.63) is 59.8 Å². The van der Waals surface area contributed by atoms with E-state index in [1.165, 1.54) is 6.08 Å². The number of nitrogens with zero attached hydrogens (tertiary/aromatic N) is 3. The highest BCUT2D eigenvalue weighted by atomic mass is 16.1. The van der Waals surface area contributed by atoms with E-state index in [1.807, 2.05) is 50.2 Å². The molecule has 0 unspecified atom stereocenters. The first-order chi connectivity index (χ1) is 11.1. The Morgan fingerprint density at radius 2 is 2.00 bits per heavy atom. The van der Waals surface area contributed by atoms with Crippen LogP contribution in [0.1, 0.15) is 18.2 Å². The SMILES string of the molecule is C/C=C/C(=O)Nc1cc(C)nn1-c1cc(C)c2ccccc2n1. The number of hydrogen-bond donors (Lipinski definition) is 1. The molecule has 0 aliphatic heterocycles. The monoisotopic (exact) mass is 306 g/mol. The summed E-state index contributed by atoms with van der Waals surface area (Å²) < 4.78 is 1.66. The van der Waals surface area contributed by atoms with Gasteiger partial charge in [0.15, 0.2) is 5.82 Å². The summed E-state index contributed by atoms with van der Waals surface area (Å²) in [6.07, 6.45) is 3.17. The third kappa shape index (κ3) is 2.99. The van der Waals surface area contributed by atoms with Gasteiger partial charge >= 0.3 is 0 Å². The summed E-state index contributed by atoms with van der Waals surface area (Å²) in [7, 11) is 0. The van der Waals surface area contributed by atoms with Gasteiger partial charge in [-0.15, -0.1) is 0 Å². The maximum atomic E-state index is 11.8. The van der Waals surface area contributed by atoms with Gasteiger partial charge in [0, 0.05) is 11.5 Å². The molecule has 0 radical (unpaired) electrons. The lowest BCUT2D eigenvalue weighted by Crippen LogP contribution is -2.13. The number of aryl methyl sites for hydroxylation is 2. The topological polar surface area (TPSA) is 59.8 Å². The Balaban J connectivity index is 2.10. The van der Waals surface area contributed by atoms with Gasteiger partial charge in [0.2, 0.25) is 5.91 Å². The van der Waals surface area contributed by atoms with E-state index in [0.29, 0.717) is 11.6 Å². The van der Waals surface area contributed by atoms with Crippen LogP contribution in [0.3, 0.4) is 0 Å². The molecule has 0 fully saturated rings. The lowest BCUT2D eigenvalue weighted by molar-refractivity contribution is -0.111. The number of carbonyl (C=O) groups is 1. The van der Waals surface area contributed by atoms with Crippen LogP contribution in [-0.4, -0.2) is 20.7 Å². The molecule has 23 heavy (non-hydrogen) atoms. The van der Waals surface area contributed by atoms with E-state index in [4.69, 9.17) is 0 Å². The minimum Gasteiger partial charge on any atom is -0.307 e. The van der Waals surface area contributed by atoms with Crippen LogP contribution in [0.25, 0.3) is 16.7 Å². The third-order valence-electron chi connectivity index (χ3n) is 3.53. The quantitative estimate of drug-likeness (QED) is 0.753. The van der Waals surface area contributed by atoms with Crippen molar-refractivity contribution in [2.24, 2.45) is 0 Å². The highest BCUT2D eigenvalue weighted by molar-refractivity contribution is 5.98. The molecule has 3 rings (SSSR count). The van der Waals surface area contributed by atoms with Crippen molar-refractivity contribution in [3.8, 4) is 5.82 Å². The summed E-state index contributed by atoms with van der Waals surface area (Å²) in [5.74, 6) is 1.10. The van der Waals surface area contributed by atoms with E-state index < -0.39 is 0 Å². The predicted molar refractivity (Wildman–Crippen MR) is 91.8 cm³/mol. The zero-order valence-corrected chi connectivity index (χ0v) is 13.4. The number of benzene rings is 1. The maximum Gasteiger partial charge on any atom is 0.249 e. The molecule has 0 aliphatic rings. The highest BCUT2D eigenvalue weighted by Crippen LogP contribution is 2.22. The van der Waals surface area contributed by atoms with Crippen LogP contribution < -0.4 is 5.32 Å². The van der Waals surface area contributed by atoms with Gasteiger partial charge in [0.25, 0.3) is 0 Å². The van der Waals surface area contributed by atoms with E-state index in [-0.39, 0.29) is 5.91 Å². The molecular weight excluding hydrogens is 288 g/mol. The van der Waals surface area contributed by atoms with Crippen molar-refractivity contribution in [1.82, 2.24) is 14.8 Å². The second-order valence-electron chi connectivity index (χ2n) is 5.39. The Morgan fingerprint density at radius 1 is 1.22 bits per heavy atom. The molecule has 2 heterocycles. The van der Waals surface area contributed by atoms with Crippen molar-refractivity contribution < 1.29 is 4.79 Å². The maximum absolute atomic E-state index is 11.8. The van der Waals surface area contributed by atoms with Gasteiger partial charge in [-0.25, -0.2) is 4.98 Å². The number of allylic oxidation sites excluding steroid dienone is 1. The molecule has 1 N–H and O–H groups in total. The zero-order chi connectivity index (χ0) is 16.4. The molecule has 1 aromatic carbocycles. The number of nitrogens with one attached hydrogen (secondary N) is 1. The molecule has 3 aromatic rings. The molecule has 0 saturated heterocycles. The van der Waals surface area contributed by atoms with Gasteiger partial charge in [-0.3, -0.25) is 4.79 Å². The average molecular weight is 306 g/mol. The van der Waals surface area contributed by atoms with E-state index in [9.17, 15) is 4.79 Å². The van der Waals surface area contributed by atoms with Crippen molar-refractivity contribution in [3.63, 3.8) is 0 Å². The second-order valence-corrected chi connectivity index (χ2v) is 5.39. The number of pyridine rings is 1. The molecule has 2 aromatic heterocycles. The number of carbonyl (C=O) groups excluding carboxylic acids is 1. The number of aromatic nitrogens is 3. The lowest BCUT2D eigenvalue weighted by Gasteiger charge is -2.09. The van der Waals surface area contributed by atoms with E-state index in [0.717, 1.165) is 22.2 Å². The van der Waals surface area contributed by atoms with E-state index in [1.54, 1.807) is 17.7 Å². The van der Waals surface area contributed by atoms with E-state index in [2.05, 4.69) is 15.4 Å². The summed E-state index contributed by atoms with van der Waals surface area (Å²) in [4.78, 5) is 16.5. The lowest BCUT2D eigenvalue weighted by atomic mass is 10.1. The highest BCUT2D eigenvalue weighted by Gasteiger charge is 2.12. The minimum absolute atomic E-state index is 0.189. The minimum atomic E-state index is -0.189. The molecule has 5 nitrogen and oxygen atoms in total. The standard InChI is InChI=1S/C18H18N4O/c1-4-7-18(23)20-17-11-13(3)21-22(17)16-10-12(2)14-8-5-6-9-15(14)19-16/h4-11H,1-3H3,(H,20,23)/b7-4+. The first kappa shape index (κ1) is 15.0. The largest absolute Gasteiger partial charge is 0.307 e. The fraction of sp³-hybridized carbons (Fsp3) is 0.167. The summed E-state index contributed by atoms with van der Waals surface area (Å²) >= 11 is 0. The van der Waals surface area contributed by atoms with Crippen LogP contribution in [0.5, 0.6) is 0 Å². The molecule has 0 spiro atoms. The van der Waals surface area contributed by atoms with Crippen molar-refractivity contribution >= 4 is 22.6 Å². The van der Waals surface area contributed by atoms with Crippen LogP contribution in [-0.2, 0) is 4.79 Å². The number of anilines is 1. The summed E-state index contributed by atoms with van der Waals surface area (Å²) in [5.41, 5.74) is 2.83. The Kier molecular flexibility index (Phi) is 3.93. The van der Waals surface area contributed by atoms with Gasteiger partial charge < -0.3 is 5.32 Å². The van der Waals surface area contributed by atoms with Crippen LogP contribution in [0.15, 0.2) is 48.6 Å². The second kappa shape index (κ2) is 6.04. The number of hydrogen-bond acceptors (Lipinski definition) is 3. The number of para-hydroxylation sites is 1. The summed E-state index contributed by atoms with van der Waals surface area (Å²) in [6.45, 7) is 5.73. The molecule has 0 atom stereocenters. The summed E-state index contributed by atoms with van der Waals surface area (Å²) in [5, 5.41) is 8.40. The Morgan fingerprint density at radius 3 is 2.78 bits per heavy atom. The molecule has 116 valence electrons. The fourth-order valence-corrected chi connectivity index (χ4v) is 2.52. The van der Waals surface area contributed by atoms with Crippen LogP contribution in [0.2, 0.25) is 0 Å². The first-order valence-electron chi connectivity index (χ1n) is 7.45. The van der Waals surface area contributed by atoms with Gasteiger partial charge in [-0.05, 0) is 44.5 Å². The average Bonchev–Trinajstić information content (AvgIpc) is 2.88. The van der Waals surface area contributed by atoms with Crippen molar-refractivity contribution in [2.75, 3.05) is 5.32 Å². The Bertz CT molecular complexity index is 909. The van der Waals surface area contributed by atoms with Gasteiger partial charge in [0.05, 0.1) is 11.2 Å². The van der Waals surface area contributed by atoms with Gasteiger partial charge in [-0.2, -0.15) is 9.78 Å². The normalized spacial score (nSPS) is 11.3. The van der Waals surface area contributed by atoms with E-state index >= 15 is 0 Å². The Hall–Kier alpha value is -2.95. The number of fused-ring (bicyclic) bond motifs is 1. The zero-order valence-electron chi connectivity index (χ0n) is 13.4. The van der Waals surface area contributed by atoms with Gasteiger partial charge in [-0.1, -0.05) is 24.3 Å². The third-order valence-corrected chi connectivity index (χ3v) is 3.53. The van der Waals surface area contributed by atoms with Crippen LogP contribution >= 0.6 is 0 Å². The first-order valence-corrected chi connectivity index (χ1v) is 7.45. The molecule has 0 saturated carbocycles. The molecule has 0 bridgehead atoms. The number of amides is 1. The van der Waals surface area contributed by atoms with Crippen molar-refractivity contribution in [2.45, 2.75) is 20.8 Å².